The van der Waals surface area contributed by atoms with E-state index in [0.29, 0.717) is 11.6 Å². The molecular formula is C11H18N4O. The number of carbonyl (C=O) groups excluding carboxylic acids is 1. The Kier molecular flexibility index (Phi) is 3.93. The van der Waals surface area contributed by atoms with Gasteiger partial charge in [0.2, 0.25) is 0 Å². The van der Waals surface area contributed by atoms with Crippen molar-refractivity contribution in [3.05, 3.63) is 18.2 Å². The van der Waals surface area contributed by atoms with Gasteiger partial charge < -0.3 is 15.6 Å². The maximum absolute atomic E-state index is 11.5. The first kappa shape index (κ1) is 11.1. The third-order valence-electron chi connectivity index (χ3n) is 2.98. The lowest BCUT2D eigenvalue weighted by atomic mass is 9.96. The van der Waals surface area contributed by atoms with Gasteiger partial charge in [-0.05, 0) is 38.3 Å². The Morgan fingerprint density at radius 2 is 2.56 bits per heavy atom. The predicted molar refractivity (Wildman–Crippen MR) is 61.1 cm³/mol. The monoisotopic (exact) mass is 222 g/mol. The SMILES string of the molecule is O=C(NCCC1CCCNC1)c1cnc[nH]1. The fraction of sp³-hybridized carbons (Fsp3) is 0.636. The average molecular weight is 222 g/mol. The zero-order valence-corrected chi connectivity index (χ0v) is 9.33. The molecule has 1 aromatic rings. The van der Waals surface area contributed by atoms with Crippen LogP contribution in [0.1, 0.15) is 29.8 Å². The molecule has 2 rings (SSSR count). The first-order chi connectivity index (χ1) is 7.86. The zero-order valence-electron chi connectivity index (χ0n) is 9.33. The number of rotatable bonds is 4. The number of imidazole rings is 1. The summed E-state index contributed by atoms with van der Waals surface area (Å²) in [6, 6.07) is 0. The number of aromatic nitrogens is 2. The highest BCUT2D eigenvalue weighted by molar-refractivity contribution is 5.91. The van der Waals surface area contributed by atoms with E-state index < -0.39 is 0 Å². The van der Waals surface area contributed by atoms with Crippen LogP contribution in [0.5, 0.6) is 0 Å². The lowest BCUT2D eigenvalue weighted by molar-refractivity contribution is 0.0946. The van der Waals surface area contributed by atoms with E-state index in [4.69, 9.17) is 0 Å². The molecule has 0 saturated carbocycles. The van der Waals surface area contributed by atoms with Gasteiger partial charge in [0, 0.05) is 6.54 Å². The van der Waals surface area contributed by atoms with Gasteiger partial charge in [-0.25, -0.2) is 4.98 Å². The Morgan fingerprint density at radius 1 is 1.62 bits per heavy atom. The van der Waals surface area contributed by atoms with Crippen LogP contribution in [0, 0.1) is 5.92 Å². The molecule has 1 aromatic heterocycles. The smallest absolute Gasteiger partial charge is 0.269 e. The van der Waals surface area contributed by atoms with E-state index in [1.165, 1.54) is 25.4 Å². The van der Waals surface area contributed by atoms with Crippen molar-refractivity contribution in [2.24, 2.45) is 5.92 Å². The van der Waals surface area contributed by atoms with Gasteiger partial charge in [-0.3, -0.25) is 4.79 Å². The molecule has 5 nitrogen and oxygen atoms in total. The normalized spacial score (nSPS) is 20.6. The third kappa shape index (κ3) is 3.06. The minimum atomic E-state index is -0.0683. The first-order valence-corrected chi connectivity index (χ1v) is 5.83. The number of nitrogens with one attached hydrogen (secondary N) is 3. The Balaban J connectivity index is 1.66. The molecule has 1 saturated heterocycles. The van der Waals surface area contributed by atoms with Crippen LogP contribution < -0.4 is 10.6 Å². The molecule has 1 fully saturated rings. The summed E-state index contributed by atoms with van der Waals surface area (Å²) < 4.78 is 0. The summed E-state index contributed by atoms with van der Waals surface area (Å²) in [4.78, 5) is 18.2. The number of hydrogen-bond donors (Lipinski definition) is 3. The van der Waals surface area contributed by atoms with Gasteiger partial charge in [0.05, 0.1) is 12.5 Å². The Labute approximate surface area is 95.0 Å². The largest absolute Gasteiger partial charge is 0.351 e. The third-order valence-corrected chi connectivity index (χ3v) is 2.98. The summed E-state index contributed by atoms with van der Waals surface area (Å²) >= 11 is 0. The van der Waals surface area contributed by atoms with Gasteiger partial charge in [-0.15, -0.1) is 0 Å². The highest BCUT2D eigenvalue weighted by atomic mass is 16.1. The van der Waals surface area contributed by atoms with Crippen molar-refractivity contribution < 1.29 is 4.79 Å². The summed E-state index contributed by atoms with van der Waals surface area (Å²) in [5.74, 6) is 0.636. The number of nitrogens with zero attached hydrogens (tertiary/aromatic N) is 1. The zero-order chi connectivity index (χ0) is 11.2. The lowest BCUT2D eigenvalue weighted by Crippen LogP contribution is -2.33. The molecule has 0 aromatic carbocycles. The second kappa shape index (κ2) is 5.65. The van der Waals surface area contributed by atoms with Gasteiger partial charge in [0.1, 0.15) is 5.69 Å². The molecule has 88 valence electrons. The number of piperidine rings is 1. The maximum atomic E-state index is 11.5. The summed E-state index contributed by atoms with van der Waals surface area (Å²) in [7, 11) is 0. The van der Waals surface area contributed by atoms with Crippen LogP contribution in [0.4, 0.5) is 0 Å². The molecule has 0 radical (unpaired) electrons. The van der Waals surface area contributed by atoms with Gasteiger partial charge in [0.25, 0.3) is 5.91 Å². The van der Waals surface area contributed by atoms with E-state index in [2.05, 4.69) is 20.6 Å². The molecule has 0 bridgehead atoms. The summed E-state index contributed by atoms with van der Waals surface area (Å²) in [5, 5.41) is 6.27. The molecule has 1 aliphatic rings. The topological polar surface area (TPSA) is 69.8 Å². The predicted octanol–water partition coefficient (Wildman–Crippen LogP) is 0.529. The molecule has 0 spiro atoms. The number of amides is 1. The van der Waals surface area contributed by atoms with Crippen molar-refractivity contribution in [2.45, 2.75) is 19.3 Å². The lowest BCUT2D eigenvalue weighted by Gasteiger charge is -2.22. The number of H-pyrrole nitrogens is 1. The first-order valence-electron chi connectivity index (χ1n) is 5.83. The molecule has 3 N–H and O–H groups in total. The highest BCUT2D eigenvalue weighted by Crippen LogP contribution is 2.12. The van der Waals surface area contributed by atoms with Crippen molar-refractivity contribution in [3.8, 4) is 0 Å². The van der Waals surface area contributed by atoms with Crippen LogP contribution in [0.25, 0.3) is 0 Å². The van der Waals surface area contributed by atoms with Gasteiger partial charge in [-0.1, -0.05) is 0 Å². The fourth-order valence-corrected chi connectivity index (χ4v) is 2.04. The molecule has 1 atom stereocenters. The number of carbonyl (C=O) groups is 1. The summed E-state index contributed by atoms with van der Waals surface area (Å²) in [5.41, 5.74) is 0.529. The molecule has 2 heterocycles. The Bertz CT molecular complexity index is 317. The van der Waals surface area contributed by atoms with Gasteiger partial charge >= 0.3 is 0 Å². The Hall–Kier alpha value is -1.36. The number of hydrogen-bond acceptors (Lipinski definition) is 3. The van der Waals surface area contributed by atoms with Crippen LogP contribution in [-0.4, -0.2) is 35.5 Å². The van der Waals surface area contributed by atoms with Crippen LogP contribution >= 0.6 is 0 Å². The van der Waals surface area contributed by atoms with Crippen LogP contribution in [0.2, 0.25) is 0 Å². The van der Waals surface area contributed by atoms with E-state index in [1.54, 1.807) is 0 Å². The van der Waals surface area contributed by atoms with E-state index >= 15 is 0 Å². The van der Waals surface area contributed by atoms with Gasteiger partial charge in [0.15, 0.2) is 0 Å². The van der Waals surface area contributed by atoms with Crippen LogP contribution in [0.3, 0.4) is 0 Å². The van der Waals surface area contributed by atoms with E-state index in [1.807, 2.05) is 0 Å². The molecule has 5 heteroatoms. The minimum absolute atomic E-state index is 0.0683. The minimum Gasteiger partial charge on any atom is -0.351 e. The maximum Gasteiger partial charge on any atom is 0.269 e. The van der Waals surface area contributed by atoms with E-state index in [0.717, 1.165) is 26.1 Å². The second-order valence-electron chi connectivity index (χ2n) is 4.22. The number of aromatic amines is 1. The fourth-order valence-electron chi connectivity index (χ4n) is 2.04. The second-order valence-corrected chi connectivity index (χ2v) is 4.22. The quantitative estimate of drug-likeness (QED) is 0.696. The van der Waals surface area contributed by atoms with Crippen molar-refractivity contribution in [1.29, 1.82) is 0 Å². The van der Waals surface area contributed by atoms with Crippen molar-refractivity contribution >= 4 is 5.91 Å². The summed E-state index contributed by atoms with van der Waals surface area (Å²) in [6.07, 6.45) is 6.62. The summed E-state index contributed by atoms with van der Waals surface area (Å²) in [6.45, 7) is 2.96. The van der Waals surface area contributed by atoms with Crippen LogP contribution in [-0.2, 0) is 0 Å². The van der Waals surface area contributed by atoms with E-state index in [9.17, 15) is 4.79 Å². The highest BCUT2D eigenvalue weighted by Gasteiger charge is 2.13. The van der Waals surface area contributed by atoms with Crippen molar-refractivity contribution in [1.82, 2.24) is 20.6 Å². The molecule has 0 aliphatic carbocycles. The molecule has 1 amide bonds. The van der Waals surface area contributed by atoms with Crippen molar-refractivity contribution in [2.75, 3.05) is 19.6 Å². The standard InChI is InChI=1S/C11H18N4O/c16-11(10-7-13-8-15-10)14-5-3-9-2-1-4-12-6-9/h7-9,12H,1-6H2,(H,13,15)(H,14,16). The molecule has 1 aliphatic heterocycles. The Morgan fingerprint density at radius 3 is 3.25 bits per heavy atom. The molecule has 1 unspecified atom stereocenters. The van der Waals surface area contributed by atoms with E-state index in [-0.39, 0.29) is 5.91 Å². The van der Waals surface area contributed by atoms with Crippen molar-refractivity contribution in [3.63, 3.8) is 0 Å². The van der Waals surface area contributed by atoms with Gasteiger partial charge in [-0.2, -0.15) is 0 Å². The molecular weight excluding hydrogens is 204 g/mol. The average Bonchev–Trinajstić information content (AvgIpc) is 2.84. The van der Waals surface area contributed by atoms with Crippen LogP contribution in [0.15, 0.2) is 12.5 Å². The molecule has 16 heavy (non-hydrogen) atoms.